The molecule has 166 valence electrons. The first-order valence-corrected chi connectivity index (χ1v) is 10.1. The fourth-order valence-corrected chi connectivity index (χ4v) is 3.09. The third kappa shape index (κ3) is 5.12. The molecule has 0 aliphatic heterocycles. The van der Waals surface area contributed by atoms with E-state index in [1.165, 1.54) is 31.3 Å². The second-order valence-corrected chi connectivity index (χ2v) is 6.85. The predicted octanol–water partition coefficient (Wildman–Crippen LogP) is 0.324. The van der Waals surface area contributed by atoms with Crippen molar-refractivity contribution >= 4 is 11.2 Å². The topological polar surface area (TPSA) is 107 Å². The first-order valence-electron chi connectivity index (χ1n) is 10.1. The van der Waals surface area contributed by atoms with Crippen molar-refractivity contribution in [3.63, 3.8) is 0 Å². The molecule has 0 aliphatic carbocycles. The monoisotopic (exact) mass is 431 g/mol. The number of hydrogen-bond donors (Lipinski definition) is 1. The van der Waals surface area contributed by atoms with Crippen LogP contribution in [-0.2, 0) is 7.05 Å². The fourth-order valence-electron chi connectivity index (χ4n) is 3.09. The van der Waals surface area contributed by atoms with Crippen LogP contribution in [0.15, 0.2) is 33.9 Å². The SMILES string of the molecule is CCN(CC)CCNCCOc1nnc2c(n1)c(=O)n(C)c(=O)n2-c1ccc(F)cc1. The van der Waals surface area contributed by atoms with Gasteiger partial charge in [-0.25, -0.2) is 13.8 Å². The average Bonchev–Trinajstić information content (AvgIpc) is 2.78. The summed E-state index contributed by atoms with van der Waals surface area (Å²) in [5.74, 6) is -0.448. The van der Waals surface area contributed by atoms with Crippen molar-refractivity contribution in [1.29, 1.82) is 0 Å². The van der Waals surface area contributed by atoms with Crippen molar-refractivity contribution in [2.45, 2.75) is 13.8 Å². The zero-order chi connectivity index (χ0) is 22.4. The summed E-state index contributed by atoms with van der Waals surface area (Å²) >= 11 is 0. The molecule has 0 aliphatic rings. The number of ether oxygens (including phenoxy) is 1. The highest BCUT2D eigenvalue weighted by Gasteiger charge is 2.17. The van der Waals surface area contributed by atoms with E-state index in [1.54, 1.807) is 0 Å². The third-order valence-corrected chi connectivity index (χ3v) is 4.94. The summed E-state index contributed by atoms with van der Waals surface area (Å²) in [6.45, 7) is 8.89. The molecule has 0 saturated heterocycles. The predicted molar refractivity (Wildman–Crippen MR) is 114 cm³/mol. The van der Waals surface area contributed by atoms with Crippen LogP contribution in [0.1, 0.15) is 13.8 Å². The van der Waals surface area contributed by atoms with Crippen molar-refractivity contribution in [3.05, 3.63) is 50.9 Å². The van der Waals surface area contributed by atoms with Crippen LogP contribution < -0.4 is 21.3 Å². The van der Waals surface area contributed by atoms with Gasteiger partial charge >= 0.3 is 11.7 Å². The number of nitrogens with one attached hydrogen (secondary N) is 1. The number of rotatable bonds is 10. The number of aromatic nitrogens is 5. The van der Waals surface area contributed by atoms with E-state index in [9.17, 15) is 14.0 Å². The Morgan fingerprint density at radius 2 is 1.81 bits per heavy atom. The van der Waals surface area contributed by atoms with Crippen molar-refractivity contribution in [3.8, 4) is 11.7 Å². The Hall–Kier alpha value is -3.18. The molecule has 0 radical (unpaired) electrons. The molecule has 0 saturated carbocycles. The van der Waals surface area contributed by atoms with E-state index in [1.807, 2.05) is 0 Å². The van der Waals surface area contributed by atoms with Gasteiger partial charge in [-0.1, -0.05) is 18.9 Å². The maximum Gasteiger partial charge on any atom is 0.337 e. The summed E-state index contributed by atoms with van der Waals surface area (Å²) in [5, 5.41) is 11.2. The molecule has 1 N–H and O–H groups in total. The van der Waals surface area contributed by atoms with Gasteiger partial charge < -0.3 is 15.0 Å². The standard InChI is InChI=1S/C20H26FN7O3/c1-4-27(5-2)12-10-22-11-13-31-19-23-16-17(24-25-19)28(20(30)26(3)18(16)29)15-8-6-14(21)7-9-15/h6-9,22H,4-5,10-13H2,1-3H3. The summed E-state index contributed by atoms with van der Waals surface area (Å²) in [6.07, 6.45) is 0. The Kier molecular flexibility index (Phi) is 7.42. The lowest BCUT2D eigenvalue weighted by Gasteiger charge is -2.17. The van der Waals surface area contributed by atoms with Gasteiger partial charge in [0, 0.05) is 26.7 Å². The van der Waals surface area contributed by atoms with Crippen LogP contribution in [0.4, 0.5) is 4.39 Å². The largest absolute Gasteiger partial charge is 0.461 e. The summed E-state index contributed by atoms with van der Waals surface area (Å²) in [6, 6.07) is 5.20. The van der Waals surface area contributed by atoms with Gasteiger partial charge in [0.2, 0.25) is 0 Å². The smallest absolute Gasteiger partial charge is 0.337 e. The lowest BCUT2D eigenvalue weighted by atomic mass is 10.3. The number of hydrogen-bond acceptors (Lipinski definition) is 8. The van der Waals surface area contributed by atoms with E-state index >= 15 is 0 Å². The molecule has 0 amide bonds. The maximum absolute atomic E-state index is 13.3. The molecular weight excluding hydrogens is 405 g/mol. The van der Waals surface area contributed by atoms with Crippen LogP contribution >= 0.6 is 0 Å². The number of likely N-dealkylation sites (N-methyl/N-ethyl adjacent to an activating group) is 1. The van der Waals surface area contributed by atoms with E-state index in [4.69, 9.17) is 4.74 Å². The Morgan fingerprint density at radius 3 is 2.48 bits per heavy atom. The number of halogens is 1. The lowest BCUT2D eigenvalue weighted by Crippen LogP contribution is -2.38. The highest BCUT2D eigenvalue weighted by molar-refractivity contribution is 5.70. The van der Waals surface area contributed by atoms with E-state index < -0.39 is 17.1 Å². The van der Waals surface area contributed by atoms with Gasteiger partial charge in [-0.05, 0) is 37.4 Å². The molecule has 0 atom stereocenters. The quantitative estimate of drug-likeness (QED) is 0.458. The Balaban J connectivity index is 1.77. The Labute approximate surface area is 178 Å². The molecule has 10 nitrogen and oxygen atoms in total. The van der Waals surface area contributed by atoms with E-state index in [2.05, 4.69) is 39.2 Å². The van der Waals surface area contributed by atoms with Crippen molar-refractivity contribution in [2.24, 2.45) is 7.05 Å². The molecular formula is C20H26FN7O3. The Morgan fingerprint density at radius 1 is 1.10 bits per heavy atom. The van der Waals surface area contributed by atoms with E-state index in [-0.39, 0.29) is 17.2 Å². The molecule has 0 unspecified atom stereocenters. The van der Waals surface area contributed by atoms with E-state index in [0.717, 1.165) is 35.3 Å². The second-order valence-electron chi connectivity index (χ2n) is 6.85. The normalized spacial score (nSPS) is 11.4. The zero-order valence-corrected chi connectivity index (χ0v) is 17.8. The molecule has 11 heteroatoms. The molecule has 0 fully saturated rings. The minimum Gasteiger partial charge on any atom is -0.461 e. The molecule has 3 rings (SSSR count). The highest BCUT2D eigenvalue weighted by atomic mass is 19.1. The molecule has 2 heterocycles. The van der Waals surface area contributed by atoms with Crippen molar-refractivity contribution in [1.82, 2.24) is 34.5 Å². The van der Waals surface area contributed by atoms with Crippen molar-refractivity contribution < 1.29 is 9.13 Å². The van der Waals surface area contributed by atoms with Crippen LogP contribution in [0.5, 0.6) is 6.01 Å². The van der Waals surface area contributed by atoms with Crippen molar-refractivity contribution in [2.75, 3.05) is 39.3 Å². The summed E-state index contributed by atoms with van der Waals surface area (Å²) < 4.78 is 20.9. The molecule has 2 aromatic heterocycles. The van der Waals surface area contributed by atoms with Crippen LogP contribution in [0, 0.1) is 5.82 Å². The van der Waals surface area contributed by atoms with Crippen LogP contribution in [0.25, 0.3) is 16.9 Å². The minimum atomic E-state index is -0.633. The zero-order valence-electron chi connectivity index (χ0n) is 17.8. The van der Waals surface area contributed by atoms with Gasteiger partial charge in [0.05, 0.1) is 5.69 Å². The van der Waals surface area contributed by atoms with Crippen LogP contribution in [0.2, 0.25) is 0 Å². The molecule has 1 aromatic carbocycles. The molecule has 0 bridgehead atoms. The average molecular weight is 431 g/mol. The molecule has 3 aromatic rings. The van der Waals surface area contributed by atoms with Gasteiger partial charge in [-0.2, -0.15) is 4.98 Å². The lowest BCUT2D eigenvalue weighted by molar-refractivity contribution is 0.273. The first-order chi connectivity index (χ1) is 15.0. The number of benzene rings is 1. The van der Waals surface area contributed by atoms with Crippen LogP contribution in [0.3, 0.4) is 0 Å². The summed E-state index contributed by atoms with van der Waals surface area (Å²) in [5.41, 5.74) is -0.994. The number of fused-ring (bicyclic) bond motifs is 1. The summed E-state index contributed by atoms with van der Waals surface area (Å²) in [7, 11) is 1.34. The maximum atomic E-state index is 13.3. The first kappa shape index (κ1) is 22.5. The second kappa shape index (κ2) is 10.2. The van der Waals surface area contributed by atoms with Gasteiger partial charge in [0.1, 0.15) is 12.4 Å². The van der Waals surface area contributed by atoms with Gasteiger partial charge in [-0.3, -0.25) is 9.36 Å². The highest BCUT2D eigenvalue weighted by Crippen LogP contribution is 2.12. The van der Waals surface area contributed by atoms with E-state index in [0.29, 0.717) is 18.8 Å². The minimum absolute atomic E-state index is 0.0237. The van der Waals surface area contributed by atoms with Gasteiger partial charge in [-0.15, -0.1) is 5.10 Å². The van der Waals surface area contributed by atoms with Gasteiger partial charge in [0.25, 0.3) is 5.56 Å². The third-order valence-electron chi connectivity index (χ3n) is 4.94. The summed E-state index contributed by atoms with van der Waals surface area (Å²) in [4.78, 5) is 31.7. The fraction of sp³-hybridized carbons (Fsp3) is 0.450. The van der Waals surface area contributed by atoms with Crippen LogP contribution in [-0.4, -0.2) is 68.5 Å². The number of nitrogens with zero attached hydrogens (tertiary/aromatic N) is 6. The molecule has 31 heavy (non-hydrogen) atoms. The van der Waals surface area contributed by atoms with Gasteiger partial charge in [0.15, 0.2) is 11.2 Å². The Bertz CT molecular complexity index is 1140. The molecule has 0 spiro atoms.